The fourth-order valence-corrected chi connectivity index (χ4v) is 3.50. The second kappa shape index (κ2) is 7.48. The Hall–Kier alpha value is -3.93. The Labute approximate surface area is 172 Å². The molecule has 6 heteroatoms. The largest absolute Gasteiger partial charge is 0.507 e. The van der Waals surface area contributed by atoms with Crippen LogP contribution in [0.4, 0.5) is 0 Å². The number of benzene rings is 3. The van der Waals surface area contributed by atoms with Crippen LogP contribution in [0.5, 0.6) is 23.0 Å². The van der Waals surface area contributed by atoms with Gasteiger partial charge < -0.3 is 24.5 Å². The summed E-state index contributed by atoms with van der Waals surface area (Å²) in [5, 5.41) is 30.8. The SMILES string of the molecule is COc1cc(O)c2c(=O)cc(-c3cc(O)c(O)c(Cc4cccc(C)c4)c3)oc2c1. The highest BCUT2D eigenvalue weighted by molar-refractivity contribution is 5.86. The van der Waals surface area contributed by atoms with Crippen LogP contribution in [-0.4, -0.2) is 22.4 Å². The van der Waals surface area contributed by atoms with Gasteiger partial charge in [-0.15, -0.1) is 0 Å². The summed E-state index contributed by atoms with van der Waals surface area (Å²) in [4.78, 5) is 12.6. The van der Waals surface area contributed by atoms with Crippen LogP contribution in [0.25, 0.3) is 22.3 Å². The van der Waals surface area contributed by atoms with Gasteiger partial charge in [0.1, 0.15) is 28.2 Å². The Balaban J connectivity index is 1.85. The second-order valence-electron chi connectivity index (χ2n) is 7.16. The minimum Gasteiger partial charge on any atom is -0.507 e. The van der Waals surface area contributed by atoms with Crippen molar-refractivity contribution in [2.75, 3.05) is 7.11 Å². The van der Waals surface area contributed by atoms with Gasteiger partial charge >= 0.3 is 0 Å². The van der Waals surface area contributed by atoms with Crippen molar-refractivity contribution in [1.82, 2.24) is 0 Å². The maximum absolute atomic E-state index is 12.6. The summed E-state index contributed by atoms with van der Waals surface area (Å²) in [6.45, 7) is 1.98. The maximum Gasteiger partial charge on any atom is 0.197 e. The van der Waals surface area contributed by atoms with E-state index in [0.717, 1.165) is 11.1 Å². The van der Waals surface area contributed by atoms with E-state index in [1.165, 1.54) is 31.4 Å². The van der Waals surface area contributed by atoms with Crippen molar-refractivity contribution in [2.45, 2.75) is 13.3 Å². The van der Waals surface area contributed by atoms with E-state index in [0.29, 0.717) is 23.3 Å². The van der Waals surface area contributed by atoms with Crippen LogP contribution in [0.3, 0.4) is 0 Å². The number of rotatable bonds is 4. The third kappa shape index (κ3) is 3.55. The van der Waals surface area contributed by atoms with Crippen molar-refractivity contribution < 1.29 is 24.5 Å². The number of phenols is 3. The Morgan fingerprint density at radius 2 is 1.77 bits per heavy atom. The molecule has 0 radical (unpaired) electrons. The Kier molecular flexibility index (Phi) is 4.83. The third-order valence-corrected chi connectivity index (χ3v) is 4.95. The molecule has 4 aromatic rings. The molecule has 3 aromatic carbocycles. The lowest BCUT2D eigenvalue weighted by atomic mass is 9.99. The maximum atomic E-state index is 12.6. The molecule has 0 spiro atoms. The molecular weight excluding hydrogens is 384 g/mol. The van der Waals surface area contributed by atoms with Crippen LogP contribution in [0, 0.1) is 6.92 Å². The monoisotopic (exact) mass is 404 g/mol. The Morgan fingerprint density at radius 1 is 0.967 bits per heavy atom. The molecule has 0 aliphatic carbocycles. The molecule has 0 amide bonds. The highest BCUT2D eigenvalue weighted by atomic mass is 16.5. The predicted molar refractivity (Wildman–Crippen MR) is 113 cm³/mol. The van der Waals surface area contributed by atoms with Crippen molar-refractivity contribution >= 4 is 11.0 Å². The topological polar surface area (TPSA) is 100 Å². The minimum atomic E-state index is -0.431. The Morgan fingerprint density at radius 3 is 2.50 bits per heavy atom. The molecule has 0 unspecified atom stereocenters. The van der Waals surface area contributed by atoms with Gasteiger partial charge in [0.25, 0.3) is 0 Å². The van der Waals surface area contributed by atoms with E-state index in [1.54, 1.807) is 6.07 Å². The lowest BCUT2D eigenvalue weighted by molar-refractivity contribution is 0.400. The molecule has 0 saturated heterocycles. The van der Waals surface area contributed by atoms with E-state index in [2.05, 4.69) is 0 Å². The van der Waals surface area contributed by atoms with Gasteiger partial charge in [0.15, 0.2) is 16.9 Å². The average Bonchev–Trinajstić information content (AvgIpc) is 2.70. The molecule has 0 bridgehead atoms. The second-order valence-corrected chi connectivity index (χ2v) is 7.16. The quantitative estimate of drug-likeness (QED) is 0.434. The van der Waals surface area contributed by atoms with Crippen molar-refractivity contribution in [3.8, 4) is 34.3 Å². The van der Waals surface area contributed by atoms with E-state index in [-0.39, 0.29) is 34.0 Å². The first kappa shape index (κ1) is 19.4. The number of methoxy groups -OCH3 is 1. The fourth-order valence-electron chi connectivity index (χ4n) is 3.50. The standard InChI is InChI=1S/C24H20O6/c1-13-4-3-5-14(6-13)7-16-8-15(9-20(27)24(16)28)21-12-19(26)23-18(25)10-17(29-2)11-22(23)30-21/h3-6,8-12,25,27-28H,7H2,1-2H3. The van der Waals surface area contributed by atoms with Crippen molar-refractivity contribution in [2.24, 2.45) is 0 Å². The molecular formula is C24H20O6. The van der Waals surface area contributed by atoms with Crippen molar-refractivity contribution in [3.05, 3.63) is 81.5 Å². The molecule has 1 heterocycles. The summed E-state index contributed by atoms with van der Waals surface area (Å²) in [6.07, 6.45) is 0.390. The summed E-state index contributed by atoms with van der Waals surface area (Å²) in [6, 6.07) is 14.9. The molecule has 1 aromatic heterocycles. The van der Waals surface area contributed by atoms with Gasteiger partial charge in [-0.2, -0.15) is 0 Å². The smallest absolute Gasteiger partial charge is 0.197 e. The van der Waals surface area contributed by atoms with Gasteiger partial charge in [0.05, 0.1) is 7.11 Å². The van der Waals surface area contributed by atoms with Crippen molar-refractivity contribution in [1.29, 1.82) is 0 Å². The molecule has 152 valence electrons. The molecule has 0 fully saturated rings. The van der Waals surface area contributed by atoms with E-state index in [1.807, 2.05) is 31.2 Å². The van der Waals surface area contributed by atoms with Crippen LogP contribution in [0.15, 0.2) is 63.8 Å². The molecule has 0 saturated carbocycles. The normalized spacial score (nSPS) is 11.0. The van der Waals surface area contributed by atoms with Crippen LogP contribution in [0.1, 0.15) is 16.7 Å². The highest BCUT2D eigenvalue weighted by Gasteiger charge is 2.16. The Bertz CT molecular complexity index is 1320. The number of phenolic OH excluding ortho intramolecular Hbond substituents is 3. The molecule has 0 atom stereocenters. The van der Waals surface area contributed by atoms with Gasteiger partial charge in [-0.05, 0) is 24.6 Å². The van der Waals surface area contributed by atoms with Crippen molar-refractivity contribution in [3.63, 3.8) is 0 Å². The lowest BCUT2D eigenvalue weighted by Gasteiger charge is -2.11. The van der Waals surface area contributed by atoms with E-state index >= 15 is 0 Å². The van der Waals surface area contributed by atoms with E-state index in [4.69, 9.17) is 9.15 Å². The van der Waals surface area contributed by atoms with Gasteiger partial charge in [-0.25, -0.2) is 0 Å². The first-order valence-electron chi connectivity index (χ1n) is 9.31. The van der Waals surface area contributed by atoms with Crippen LogP contribution in [-0.2, 0) is 6.42 Å². The van der Waals surface area contributed by atoms with Gasteiger partial charge in [-0.1, -0.05) is 29.8 Å². The zero-order chi connectivity index (χ0) is 21.4. The average molecular weight is 404 g/mol. The summed E-state index contributed by atoms with van der Waals surface area (Å²) >= 11 is 0. The lowest BCUT2D eigenvalue weighted by Crippen LogP contribution is -2.01. The summed E-state index contributed by atoms with van der Waals surface area (Å²) in [7, 11) is 1.44. The highest BCUT2D eigenvalue weighted by Crippen LogP contribution is 2.37. The molecule has 4 rings (SSSR count). The molecule has 6 nitrogen and oxygen atoms in total. The summed E-state index contributed by atoms with van der Waals surface area (Å²) in [5.74, 6) is -0.234. The first-order valence-corrected chi connectivity index (χ1v) is 9.31. The number of aryl methyl sites for hydroxylation is 1. The number of hydrogen-bond donors (Lipinski definition) is 3. The molecule has 30 heavy (non-hydrogen) atoms. The number of aromatic hydroxyl groups is 3. The van der Waals surface area contributed by atoms with Crippen LogP contribution in [0.2, 0.25) is 0 Å². The van der Waals surface area contributed by atoms with Gasteiger partial charge in [0.2, 0.25) is 0 Å². The number of ether oxygens (including phenoxy) is 1. The first-order chi connectivity index (χ1) is 14.4. The van der Waals surface area contributed by atoms with Crippen LogP contribution >= 0.6 is 0 Å². The fraction of sp³-hybridized carbons (Fsp3) is 0.125. The van der Waals surface area contributed by atoms with Crippen LogP contribution < -0.4 is 10.2 Å². The molecule has 0 aliphatic rings. The zero-order valence-electron chi connectivity index (χ0n) is 16.5. The zero-order valence-corrected chi connectivity index (χ0v) is 16.5. The van der Waals surface area contributed by atoms with Gasteiger partial charge in [-0.3, -0.25) is 4.79 Å². The predicted octanol–water partition coefficient (Wildman–Crippen LogP) is 4.48. The summed E-state index contributed by atoms with van der Waals surface area (Å²) < 4.78 is 11.0. The molecule has 0 aliphatic heterocycles. The van der Waals surface area contributed by atoms with Gasteiger partial charge in [0, 0.05) is 35.7 Å². The third-order valence-electron chi connectivity index (χ3n) is 4.95. The molecule has 3 N–H and O–H groups in total. The minimum absolute atomic E-state index is 0.0440. The van der Waals surface area contributed by atoms with E-state index < -0.39 is 5.43 Å². The number of hydrogen-bond acceptors (Lipinski definition) is 6. The number of fused-ring (bicyclic) bond motifs is 1. The van der Waals surface area contributed by atoms with E-state index in [9.17, 15) is 20.1 Å². The summed E-state index contributed by atoms with van der Waals surface area (Å²) in [5.41, 5.74) is 2.69.